The molecule has 1 heterocycles. The Bertz CT molecular complexity index is 834. The molecule has 2 amide bonds. The van der Waals surface area contributed by atoms with Gasteiger partial charge in [0.1, 0.15) is 11.9 Å². The van der Waals surface area contributed by atoms with Crippen molar-refractivity contribution in [3.05, 3.63) is 24.0 Å². The van der Waals surface area contributed by atoms with E-state index in [2.05, 4.69) is 20.6 Å². The summed E-state index contributed by atoms with van der Waals surface area (Å²) in [5, 5.41) is 5.78. The van der Waals surface area contributed by atoms with Gasteiger partial charge < -0.3 is 15.6 Å². The van der Waals surface area contributed by atoms with E-state index in [0.717, 1.165) is 48.2 Å². The van der Waals surface area contributed by atoms with Crippen LogP contribution < -0.4 is 10.6 Å². The average Bonchev–Trinajstić information content (AvgIpc) is 3.03. The quantitative estimate of drug-likeness (QED) is 0.749. The van der Waals surface area contributed by atoms with Crippen molar-refractivity contribution in [2.45, 2.75) is 70.3 Å². The number of imidazole rings is 1. The lowest BCUT2D eigenvalue weighted by atomic mass is 9.85. The molecular weight excluding hydrogens is 340 g/mol. The third-order valence-corrected chi connectivity index (χ3v) is 5.99. The number of anilines is 1. The van der Waals surface area contributed by atoms with Gasteiger partial charge in [-0.3, -0.25) is 9.59 Å². The molecule has 1 aromatic carbocycles. The zero-order valence-corrected chi connectivity index (χ0v) is 15.9. The Kier molecular flexibility index (Phi) is 5.14. The Balaban J connectivity index is 1.37. The molecule has 2 fully saturated rings. The van der Waals surface area contributed by atoms with E-state index in [1.54, 1.807) is 6.92 Å². The molecule has 0 unspecified atom stereocenters. The van der Waals surface area contributed by atoms with Crippen LogP contribution in [-0.4, -0.2) is 27.8 Å². The molecule has 4 rings (SSSR count). The van der Waals surface area contributed by atoms with Crippen molar-refractivity contribution < 1.29 is 9.59 Å². The summed E-state index contributed by atoms with van der Waals surface area (Å²) in [7, 11) is 0. The molecule has 0 saturated heterocycles. The van der Waals surface area contributed by atoms with Crippen molar-refractivity contribution in [1.29, 1.82) is 0 Å². The predicted molar refractivity (Wildman–Crippen MR) is 105 cm³/mol. The summed E-state index contributed by atoms with van der Waals surface area (Å²) in [6, 6.07) is 5.15. The number of carbonyl (C=O) groups is 2. The summed E-state index contributed by atoms with van der Waals surface area (Å²) in [5.41, 5.74) is 2.58. The Morgan fingerprint density at radius 2 is 1.89 bits per heavy atom. The van der Waals surface area contributed by atoms with Gasteiger partial charge in [0.2, 0.25) is 11.8 Å². The Hall–Kier alpha value is -2.37. The van der Waals surface area contributed by atoms with Crippen molar-refractivity contribution in [3.8, 4) is 0 Å². The first kappa shape index (κ1) is 18.0. The first-order valence-corrected chi connectivity index (χ1v) is 10.2. The smallest absolute Gasteiger partial charge is 0.246 e. The molecule has 0 spiro atoms. The standard InChI is InChI=1S/C21H28N4O2/c1-13(22-21(27)15-6-3-2-4-7-15)20(26)23-16-10-11-17-18(12-16)25-19(24-17)14-8-5-9-14/h10-15H,2-9H2,1H3,(H,22,27)(H,23,26)(H,24,25)/t13-/m0/s1. The van der Waals surface area contributed by atoms with Gasteiger partial charge in [0.15, 0.2) is 0 Å². The summed E-state index contributed by atoms with van der Waals surface area (Å²) < 4.78 is 0. The number of fused-ring (bicyclic) bond motifs is 1. The maximum Gasteiger partial charge on any atom is 0.246 e. The first-order chi connectivity index (χ1) is 13.1. The Labute approximate surface area is 159 Å². The number of carbonyl (C=O) groups excluding carboxylic acids is 2. The number of benzene rings is 1. The molecule has 3 N–H and O–H groups in total. The highest BCUT2D eigenvalue weighted by Gasteiger charge is 2.25. The fraction of sp³-hybridized carbons (Fsp3) is 0.571. The number of aromatic nitrogens is 2. The highest BCUT2D eigenvalue weighted by atomic mass is 16.2. The Morgan fingerprint density at radius 1 is 1.11 bits per heavy atom. The van der Waals surface area contributed by atoms with Crippen LogP contribution in [0.1, 0.15) is 70.0 Å². The molecule has 2 aliphatic rings. The molecule has 2 aliphatic carbocycles. The molecule has 0 bridgehead atoms. The largest absolute Gasteiger partial charge is 0.344 e. The molecule has 0 radical (unpaired) electrons. The molecule has 0 aliphatic heterocycles. The van der Waals surface area contributed by atoms with Gasteiger partial charge in [-0.25, -0.2) is 4.98 Å². The van der Waals surface area contributed by atoms with Crippen molar-refractivity contribution in [3.63, 3.8) is 0 Å². The fourth-order valence-electron chi connectivity index (χ4n) is 3.99. The van der Waals surface area contributed by atoms with Crippen LogP contribution in [0.15, 0.2) is 18.2 Å². The highest BCUT2D eigenvalue weighted by molar-refractivity contribution is 5.98. The summed E-state index contributed by atoms with van der Waals surface area (Å²) in [5.74, 6) is 1.46. The predicted octanol–water partition coefficient (Wildman–Crippen LogP) is 3.85. The van der Waals surface area contributed by atoms with E-state index >= 15 is 0 Å². The Morgan fingerprint density at radius 3 is 2.59 bits per heavy atom. The monoisotopic (exact) mass is 368 g/mol. The third-order valence-electron chi connectivity index (χ3n) is 5.99. The lowest BCUT2D eigenvalue weighted by Crippen LogP contribution is -2.44. The summed E-state index contributed by atoms with van der Waals surface area (Å²) in [4.78, 5) is 32.9. The lowest BCUT2D eigenvalue weighted by molar-refractivity contribution is -0.129. The normalized spacial score (nSPS) is 19.4. The number of nitrogens with one attached hydrogen (secondary N) is 3. The van der Waals surface area contributed by atoms with Crippen LogP contribution in [0.2, 0.25) is 0 Å². The van der Waals surface area contributed by atoms with Gasteiger partial charge in [-0.05, 0) is 50.8 Å². The molecule has 2 saturated carbocycles. The topological polar surface area (TPSA) is 86.9 Å². The van der Waals surface area contributed by atoms with E-state index in [1.807, 2.05) is 18.2 Å². The van der Waals surface area contributed by atoms with Crippen LogP contribution >= 0.6 is 0 Å². The number of aromatic amines is 1. The van der Waals surface area contributed by atoms with E-state index < -0.39 is 6.04 Å². The van der Waals surface area contributed by atoms with E-state index in [1.165, 1.54) is 25.7 Å². The van der Waals surface area contributed by atoms with E-state index in [0.29, 0.717) is 5.92 Å². The van der Waals surface area contributed by atoms with Crippen LogP contribution in [0.4, 0.5) is 5.69 Å². The molecule has 6 nitrogen and oxygen atoms in total. The second-order valence-corrected chi connectivity index (χ2v) is 8.04. The van der Waals surface area contributed by atoms with Gasteiger partial charge in [0.25, 0.3) is 0 Å². The van der Waals surface area contributed by atoms with Crippen LogP contribution in [0.5, 0.6) is 0 Å². The van der Waals surface area contributed by atoms with Crippen molar-refractivity contribution in [2.24, 2.45) is 5.92 Å². The molecule has 1 aromatic heterocycles. The minimum Gasteiger partial charge on any atom is -0.344 e. The van der Waals surface area contributed by atoms with Crippen molar-refractivity contribution in [2.75, 3.05) is 5.32 Å². The van der Waals surface area contributed by atoms with Gasteiger partial charge in [-0.1, -0.05) is 25.7 Å². The number of hydrogen-bond donors (Lipinski definition) is 3. The summed E-state index contributed by atoms with van der Waals surface area (Å²) in [6.45, 7) is 1.74. The van der Waals surface area contributed by atoms with Gasteiger partial charge >= 0.3 is 0 Å². The number of hydrogen-bond acceptors (Lipinski definition) is 3. The average molecular weight is 368 g/mol. The van der Waals surface area contributed by atoms with Gasteiger partial charge in [-0.15, -0.1) is 0 Å². The second-order valence-electron chi connectivity index (χ2n) is 8.04. The minimum absolute atomic E-state index is 0.00603. The highest BCUT2D eigenvalue weighted by Crippen LogP contribution is 2.35. The number of amides is 2. The maximum atomic E-state index is 12.5. The van der Waals surface area contributed by atoms with Gasteiger partial charge in [0, 0.05) is 17.5 Å². The lowest BCUT2D eigenvalue weighted by Gasteiger charge is -2.23. The third kappa shape index (κ3) is 3.99. The molecule has 144 valence electrons. The van der Waals surface area contributed by atoms with Crippen LogP contribution in [-0.2, 0) is 9.59 Å². The molecule has 1 atom stereocenters. The fourth-order valence-corrected chi connectivity index (χ4v) is 3.99. The first-order valence-electron chi connectivity index (χ1n) is 10.2. The zero-order chi connectivity index (χ0) is 18.8. The zero-order valence-electron chi connectivity index (χ0n) is 15.9. The van der Waals surface area contributed by atoms with Crippen molar-refractivity contribution in [1.82, 2.24) is 15.3 Å². The van der Waals surface area contributed by atoms with Crippen LogP contribution in [0.3, 0.4) is 0 Å². The summed E-state index contributed by atoms with van der Waals surface area (Å²) >= 11 is 0. The molecule has 6 heteroatoms. The van der Waals surface area contributed by atoms with E-state index in [-0.39, 0.29) is 17.7 Å². The molecular formula is C21H28N4O2. The molecule has 2 aromatic rings. The van der Waals surface area contributed by atoms with E-state index in [4.69, 9.17) is 0 Å². The number of nitrogens with zero attached hydrogens (tertiary/aromatic N) is 1. The van der Waals surface area contributed by atoms with Crippen molar-refractivity contribution >= 4 is 28.5 Å². The SMILES string of the molecule is C[C@H](NC(=O)C1CCCCC1)C(=O)Nc1ccc2nc(C3CCC3)[nH]c2c1. The minimum atomic E-state index is -0.553. The van der Waals surface area contributed by atoms with Crippen LogP contribution in [0, 0.1) is 5.92 Å². The van der Waals surface area contributed by atoms with Gasteiger partial charge in [-0.2, -0.15) is 0 Å². The van der Waals surface area contributed by atoms with Crippen LogP contribution in [0.25, 0.3) is 11.0 Å². The second kappa shape index (κ2) is 7.71. The van der Waals surface area contributed by atoms with Gasteiger partial charge in [0.05, 0.1) is 11.0 Å². The van der Waals surface area contributed by atoms with E-state index in [9.17, 15) is 9.59 Å². The number of rotatable bonds is 5. The number of H-pyrrole nitrogens is 1. The maximum absolute atomic E-state index is 12.5. The summed E-state index contributed by atoms with van der Waals surface area (Å²) in [6.07, 6.45) is 8.94. The molecule has 27 heavy (non-hydrogen) atoms.